The molecule has 0 spiro atoms. The molecule has 1 aliphatic heterocycles. The molecule has 0 unspecified atom stereocenters. The third kappa shape index (κ3) is 2.73. The van der Waals surface area contributed by atoms with Crippen LogP contribution in [0.2, 0.25) is 0 Å². The van der Waals surface area contributed by atoms with Crippen LogP contribution in [0.5, 0.6) is 0 Å². The predicted molar refractivity (Wildman–Crippen MR) is 71.4 cm³/mol. The fraction of sp³-hybridized carbons (Fsp3) is 0.400. The summed E-state index contributed by atoms with van der Waals surface area (Å²) in [5.41, 5.74) is 1.86. The Morgan fingerprint density at radius 1 is 1.40 bits per heavy atom. The van der Waals surface area contributed by atoms with E-state index >= 15 is 0 Å². The summed E-state index contributed by atoms with van der Waals surface area (Å²) < 4.78 is 18.2. The molecule has 2 heterocycles. The van der Waals surface area contributed by atoms with Gasteiger partial charge in [-0.15, -0.1) is 0 Å². The molecule has 1 aromatic heterocycles. The summed E-state index contributed by atoms with van der Waals surface area (Å²) in [6.45, 7) is 3.06. The molecule has 1 aromatic carbocycles. The van der Waals surface area contributed by atoms with E-state index in [0.717, 1.165) is 17.0 Å². The van der Waals surface area contributed by atoms with Gasteiger partial charge >= 0.3 is 0 Å². The average Bonchev–Trinajstić information content (AvgIpc) is 2.97. The molecule has 106 valence electrons. The van der Waals surface area contributed by atoms with Gasteiger partial charge in [-0.3, -0.25) is 4.90 Å². The van der Waals surface area contributed by atoms with Gasteiger partial charge in [0.25, 0.3) is 0 Å². The van der Waals surface area contributed by atoms with Gasteiger partial charge in [-0.25, -0.2) is 4.39 Å². The number of hydrogen-bond donors (Lipinski definition) is 1. The molecule has 0 radical (unpaired) electrons. The number of aliphatic hydroxyl groups excluding tert-OH is 1. The summed E-state index contributed by atoms with van der Waals surface area (Å²) in [5, 5.41) is 13.8. The topological polar surface area (TPSA) is 49.5 Å². The second-order valence-electron chi connectivity index (χ2n) is 5.32. The van der Waals surface area contributed by atoms with Gasteiger partial charge in [-0.2, -0.15) is 0 Å². The van der Waals surface area contributed by atoms with Crippen LogP contribution >= 0.6 is 0 Å². The highest BCUT2D eigenvalue weighted by atomic mass is 19.1. The van der Waals surface area contributed by atoms with Crippen LogP contribution < -0.4 is 0 Å². The molecule has 2 aromatic rings. The van der Waals surface area contributed by atoms with Gasteiger partial charge in [0, 0.05) is 18.7 Å². The van der Waals surface area contributed by atoms with E-state index in [1.165, 1.54) is 12.1 Å². The van der Waals surface area contributed by atoms with E-state index in [0.29, 0.717) is 19.5 Å². The van der Waals surface area contributed by atoms with Gasteiger partial charge in [-0.1, -0.05) is 17.3 Å². The molecule has 1 aliphatic rings. The van der Waals surface area contributed by atoms with E-state index in [-0.39, 0.29) is 18.0 Å². The number of rotatable bonds is 3. The van der Waals surface area contributed by atoms with Crippen LogP contribution in [0, 0.1) is 12.7 Å². The molecule has 0 saturated carbocycles. The number of aromatic nitrogens is 1. The minimum absolute atomic E-state index is 0.0796. The first-order valence-electron chi connectivity index (χ1n) is 6.71. The SMILES string of the molecule is Cc1cc(CN2C[C@@H](O)C[C@H]2c2ccc(F)cc2)on1. The van der Waals surface area contributed by atoms with E-state index in [9.17, 15) is 9.50 Å². The normalized spacial score (nSPS) is 23.4. The fourth-order valence-electron chi connectivity index (χ4n) is 2.78. The van der Waals surface area contributed by atoms with Gasteiger partial charge in [0.2, 0.25) is 0 Å². The van der Waals surface area contributed by atoms with Crippen molar-refractivity contribution in [3.63, 3.8) is 0 Å². The zero-order valence-corrected chi connectivity index (χ0v) is 11.3. The van der Waals surface area contributed by atoms with Crippen molar-refractivity contribution in [2.75, 3.05) is 6.54 Å². The predicted octanol–water partition coefficient (Wildman–Crippen LogP) is 2.43. The lowest BCUT2D eigenvalue weighted by molar-refractivity contribution is 0.166. The van der Waals surface area contributed by atoms with Crippen molar-refractivity contribution in [3.05, 3.63) is 53.2 Å². The molecule has 1 fully saturated rings. The van der Waals surface area contributed by atoms with Crippen LogP contribution in [0.1, 0.15) is 29.5 Å². The minimum Gasteiger partial charge on any atom is -0.392 e. The number of aryl methyl sites for hydroxylation is 1. The Bertz CT molecular complexity index is 582. The molecule has 0 aliphatic carbocycles. The van der Waals surface area contributed by atoms with Crippen LogP contribution in [-0.2, 0) is 6.54 Å². The molecule has 5 heteroatoms. The Morgan fingerprint density at radius 3 is 2.80 bits per heavy atom. The number of β-amino-alcohol motifs (C(OH)–C–C–N with tert-alkyl or cyclic N) is 1. The maximum absolute atomic E-state index is 13.0. The monoisotopic (exact) mass is 276 g/mol. The Kier molecular flexibility index (Phi) is 3.54. The molecule has 0 bridgehead atoms. The van der Waals surface area contributed by atoms with E-state index in [2.05, 4.69) is 10.1 Å². The Hall–Kier alpha value is -1.72. The number of nitrogens with zero attached hydrogens (tertiary/aromatic N) is 2. The van der Waals surface area contributed by atoms with E-state index in [4.69, 9.17) is 4.52 Å². The van der Waals surface area contributed by atoms with Crippen LogP contribution in [0.25, 0.3) is 0 Å². The third-order valence-electron chi connectivity index (χ3n) is 3.67. The molecule has 0 amide bonds. The molecule has 3 rings (SSSR count). The summed E-state index contributed by atoms with van der Waals surface area (Å²) in [6, 6.07) is 8.43. The summed E-state index contributed by atoms with van der Waals surface area (Å²) in [6.07, 6.45) is 0.285. The van der Waals surface area contributed by atoms with Gasteiger partial charge in [0.15, 0.2) is 5.76 Å². The molecule has 2 atom stereocenters. The number of likely N-dealkylation sites (tertiary alicyclic amines) is 1. The smallest absolute Gasteiger partial charge is 0.150 e. The van der Waals surface area contributed by atoms with Crippen molar-refractivity contribution in [2.45, 2.75) is 32.0 Å². The number of halogens is 1. The van der Waals surface area contributed by atoms with Crippen molar-refractivity contribution < 1.29 is 14.0 Å². The Labute approximate surface area is 116 Å². The summed E-state index contributed by atoms with van der Waals surface area (Å²) in [7, 11) is 0. The van der Waals surface area contributed by atoms with Crippen molar-refractivity contribution >= 4 is 0 Å². The molecule has 1 saturated heterocycles. The first-order valence-corrected chi connectivity index (χ1v) is 6.71. The van der Waals surface area contributed by atoms with Crippen LogP contribution in [-0.4, -0.2) is 27.8 Å². The lowest BCUT2D eigenvalue weighted by Crippen LogP contribution is -2.24. The second-order valence-corrected chi connectivity index (χ2v) is 5.32. The quantitative estimate of drug-likeness (QED) is 0.935. The second kappa shape index (κ2) is 5.34. The number of hydrogen-bond acceptors (Lipinski definition) is 4. The van der Waals surface area contributed by atoms with E-state index in [1.54, 1.807) is 12.1 Å². The summed E-state index contributed by atoms with van der Waals surface area (Å²) in [4.78, 5) is 2.14. The highest BCUT2D eigenvalue weighted by Gasteiger charge is 2.32. The Morgan fingerprint density at radius 2 is 2.15 bits per heavy atom. The first-order chi connectivity index (χ1) is 9.61. The summed E-state index contributed by atoms with van der Waals surface area (Å²) in [5.74, 6) is 0.536. The van der Waals surface area contributed by atoms with Crippen molar-refractivity contribution in [1.29, 1.82) is 0 Å². The van der Waals surface area contributed by atoms with Gasteiger partial charge in [-0.05, 0) is 31.0 Å². The van der Waals surface area contributed by atoms with E-state index in [1.807, 2.05) is 13.0 Å². The lowest BCUT2D eigenvalue weighted by atomic mass is 10.0. The van der Waals surface area contributed by atoms with Crippen molar-refractivity contribution in [3.8, 4) is 0 Å². The van der Waals surface area contributed by atoms with Crippen molar-refractivity contribution in [2.24, 2.45) is 0 Å². The maximum atomic E-state index is 13.0. The largest absolute Gasteiger partial charge is 0.392 e. The minimum atomic E-state index is -0.367. The third-order valence-corrected chi connectivity index (χ3v) is 3.67. The van der Waals surface area contributed by atoms with Crippen molar-refractivity contribution in [1.82, 2.24) is 10.1 Å². The van der Waals surface area contributed by atoms with Crippen LogP contribution in [0.15, 0.2) is 34.9 Å². The van der Waals surface area contributed by atoms with Crippen LogP contribution in [0.3, 0.4) is 0 Å². The average molecular weight is 276 g/mol. The molecular formula is C15H17FN2O2. The first kappa shape index (κ1) is 13.3. The number of aliphatic hydroxyl groups is 1. The van der Waals surface area contributed by atoms with Gasteiger partial charge in [0.1, 0.15) is 5.82 Å². The molecular weight excluding hydrogens is 259 g/mol. The standard InChI is InChI=1S/C15H17FN2O2/c1-10-6-14(20-17-10)9-18-8-13(19)7-15(18)11-2-4-12(16)5-3-11/h2-6,13,15,19H,7-9H2,1H3/t13-,15-/m0/s1. The van der Waals surface area contributed by atoms with Gasteiger partial charge < -0.3 is 9.63 Å². The summed E-state index contributed by atoms with van der Waals surface area (Å²) >= 11 is 0. The van der Waals surface area contributed by atoms with Crippen LogP contribution in [0.4, 0.5) is 4.39 Å². The zero-order chi connectivity index (χ0) is 14.1. The lowest BCUT2D eigenvalue weighted by Gasteiger charge is -2.23. The maximum Gasteiger partial charge on any atom is 0.150 e. The molecule has 4 nitrogen and oxygen atoms in total. The zero-order valence-electron chi connectivity index (χ0n) is 11.3. The molecule has 1 N–H and O–H groups in total. The van der Waals surface area contributed by atoms with E-state index < -0.39 is 0 Å². The highest BCUT2D eigenvalue weighted by Crippen LogP contribution is 2.33. The molecule has 20 heavy (non-hydrogen) atoms. The fourth-order valence-corrected chi connectivity index (χ4v) is 2.78. The number of benzene rings is 1. The highest BCUT2D eigenvalue weighted by molar-refractivity contribution is 5.22. The Balaban J connectivity index is 1.79. The van der Waals surface area contributed by atoms with Gasteiger partial charge in [0.05, 0.1) is 18.3 Å².